The molecule has 0 bridgehead atoms. The van der Waals surface area contributed by atoms with Crippen LogP contribution in [0, 0.1) is 0 Å². The molecule has 94 valence electrons. The predicted molar refractivity (Wildman–Crippen MR) is 67.6 cm³/mol. The van der Waals surface area contributed by atoms with Crippen LogP contribution in [0.15, 0.2) is 59.6 Å². The third kappa shape index (κ3) is 2.61. The van der Waals surface area contributed by atoms with Gasteiger partial charge < -0.3 is 20.4 Å². The fourth-order valence-corrected chi connectivity index (χ4v) is 1.74. The Bertz CT molecular complexity index is 524. The summed E-state index contributed by atoms with van der Waals surface area (Å²) in [5, 5.41) is 37.6. The summed E-state index contributed by atoms with van der Waals surface area (Å²) in [6.07, 6.45) is 4.59. The third-order valence-electron chi connectivity index (χ3n) is 2.68. The van der Waals surface area contributed by atoms with Gasteiger partial charge in [0.2, 0.25) is 5.79 Å². The van der Waals surface area contributed by atoms with Crippen LogP contribution in [0.3, 0.4) is 0 Å². The number of rotatable bonds is 2. The molecule has 0 saturated heterocycles. The summed E-state index contributed by atoms with van der Waals surface area (Å²) >= 11 is 0. The van der Waals surface area contributed by atoms with Crippen molar-refractivity contribution in [1.29, 1.82) is 0 Å². The van der Waals surface area contributed by atoms with E-state index in [1.807, 2.05) is 30.3 Å². The van der Waals surface area contributed by atoms with Crippen molar-refractivity contribution >= 4 is 6.08 Å². The van der Waals surface area contributed by atoms with Crippen molar-refractivity contribution in [1.82, 2.24) is 0 Å². The molecule has 0 amide bonds. The standard InChI is InChI=1S/C14H14O4/c15-12-8-11(9-14(17,18)13(12)16)7-6-10-4-2-1-3-5-10/h1-8,15-18H,9H2/b7-6+. The van der Waals surface area contributed by atoms with Crippen molar-refractivity contribution < 1.29 is 20.4 Å². The van der Waals surface area contributed by atoms with Crippen LogP contribution in [0.2, 0.25) is 0 Å². The lowest BCUT2D eigenvalue weighted by Crippen LogP contribution is -2.34. The van der Waals surface area contributed by atoms with Crippen LogP contribution in [0.1, 0.15) is 12.0 Å². The smallest absolute Gasteiger partial charge is 0.230 e. The number of benzene rings is 1. The molecular formula is C14H14O4. The first-order chi connectivity index (χ1) is 8.49. The molecule has 0 aliphatic heterocycles. The summed E-state index contributed by atoms with van der Waals surface area (Å²) in [5.74, 6) is -3.76. The first kappa shape index (κ1) is 12.4. The van der Waals surface area contributed by atoms with E-state index in [2.05, 4.69) is 0 Å². The lowest BCUT2D eigenvalue weighted by atomic mass is 9.96. The van der Waals surface area contributed by atoms with Gasteiger partial charge in [-0.2, -0.15) is 0 Å². The second kappa shape index (κ2) is 4.68. The summed E-state index contributed by atoms with van der Waals surface area (Å²) < 4.78 is 0. The first-order valence-electron chi connectivity index (χ1n) is 5.50. The van der Waals surface area contributed by atoms with E-state index in [4.69, 9.17) is 0 Å². The van der Waals surface area contributed by atoms with Crippen molar-refractivity contribution in [3.05, 3.63) is 65.1 Å². The van der Waals surface area contributed by atoms with Crippen LogP contribution in [0.5, 0.6) is 0 Å². The number of allylic oxidation sites excluding steroid dienone is 2. The van der Waals surface area contributed by atoms with Gasteiger partial charge >= 0.3 is 0 Å². The van der Waals surface area contributed by atoms with E-state index < -0.39 is 17.3 Å². The van der Waals surface area contributed by atoms with Crippen molar-refractivity contribution in [3.8, 4) is 0 Å². The molecule has 0 fully saturated rings. The average Bonchev–Trinajstić information content (AvgIpc) is 2.34. The highest BCUT2D eigenvalue weighted by Crippen LogP contribution is 2.29. The molecule has 0 atom stereocenters. The van der Waals surface area contributed by atoms with Gasteiger partial charge in [-0.05, 0) is 17.2 Å². The van der Waals surface area contributed by atoms with Gasteiger partial charge in [-0.3, -0.25) is 0 Å². The van der Waals surface area contributed by atoms with E-state index in [0.29, 0.717) is 5.57 Å². The third-order valence-corrected chi connectivity index (χ3v) is 2.68. The van der Waals surface area contributed by atoms with Crippen molar-refractivity contribution in [3.63, 3.8) is 0 Å². The van der Waals surface area contributed by atoms with Crippen molar-refractivity contribution in [2.75, 3.05) is 0 Å². The molecule has 2 rings (SSSR count). The molecule has 0 spiro atoms. The van der Waals surface area contributed by atoms with Gasteiger partial charge in [0.1, 0.15) is 0 Å². The maximum atomic E-state index is 9.49. The molecule has 1 aromatic rings. The van der Waals surface area contributed by atoms with E-state index in [1.165, 1.54) is 6.08 Å². The summed E-state index contributed by atoms with van der Waals surface area (Å²) in [6, 6.07) is 9.48. The molecule has 4 heteroatoms. The fourth-order valence-electron chi connectivity index (χ4n) is 1.74. The number of hydrogen-bond acceptors (Lipinski definition) is 4. The lowest BCUT2D eigenvalue weighted by molar-refractivity contribution is -0.154. The Kier molecular flexibility index (Phi) is 3.23. The van der Waals surface area contributed by atoms with Crippen LogP contribution >= 0.6 is 0 Å². The van der Waals surface area contributed by atoms with E-state index in [9.17, 15) is 20.4 Å². The second-order valence-corrected chi connectivity index (χ2v) is 4.19. The molecule has 0 aromatic heterocycles. The van der Waals surface area contributed by atoms with Gasteiger partial charge in [0, 0.05) is 6.42 Å². The zero-order chi connectivity index (χ0) is 13.2. The zero-order valence-electron chi connectivity index (χ0n) is 9.61. The number of aliphatic hydroxyl groups excluding tert-OH is 2. The van der Waals surface area contributed by atoms with Gasteiger partial charge in [-0.1, -0.05) is 42.5 Å². The van der Waals surface area contributed by atoms with Gasteiger partial charge in [0.25, 0.3) is 0 Å². The Hall–Kier alpha value is -2.04. The average molecular weight is 246 g/mol. The highest BCUT2D eigenvalue weighted by Gasteiger charge is 2.35. The normalized spacial score (nSPS) is 19.1. The van der Waals surface area contributed by atoms with Crippen LogP contribution < -0.4 is 0 Å². The minimum absolute atomic E-state index is 0.174. The first-order valence-corrected chi connectivity index (χ1v) is 5.50. The number of aliphatic hydroxyl groups is 4. The minimum Gasteiger partial charge on any atom is -0.504 e. The van der Waals surface area contributed by atoms with E-state index in [1.54, 1.807) is 12.2 Å². The molecular weight excluding hydrogens is 232 g/mol. The van der Waals surface area contributed by atoms with Crippen LogP contribution in [-0.2, 0) is 0 Å². The molecule has 1 aromatic carbocycles. The molecule has 4 nitrogen and oxygen atoms in total. The molecule has 0 heterocycles. The molecule has 4 N–H and O–H groups in total. The van der Waals surface area contributed by atoms with Gasteiger partial charge in [-0.15, -0.1) is 0 Å². The van der Waals surface area contributed by atoms with Gasteiger partial charge in [0.15, 0.2) is 11.5 Å². The minimum atomic E-state index is -2.41. The monoisotopic (exact) mass is 246 g/mol. The molecule has 1 aliphatic carbocycles. The molecule has 1 aliphatic rings. The zero-order valence-corrected chi connectivity index (χ0v) is 9.61. The highest BCUT2D eigenvalue weighted by atomic mass is 16.5. The molecule has 0 unspecified atom stereocenters. The quantitative estimate of drug-likeness (QED) is 0.602. The van der Waals surface area contributed by atoms with E-state index in [0.717, 1.165) is 5.56 Å². The summed E-state index contributed by atoms with van der Waals surface area (Å²) in [6.45, 7) is 0. The molecule has 0 saturated carbocycles. The predicted octanol–water partition coefficient (Wildman–Crippen LogP) is 2.04. The Balaban J connectivity index is 2.22. The Morgan fingerprint density at radius 2 is 1.67 bits per heavy atom. The second-order valence-electron chi connectivity index (χ2n) is 4.19. The molecule has 0 radical (unpaired) electrons. The molecule has 18 heavy (non-hydrogen) atoms. The lowest BCUT2D eigenvalue weighted by Gasteiger charge is -2.25. The topological polar surface area (TPSA) is 80.9 Å². The van der Waals surface area contributed by atoms with E-state index in [-0.39, 0.29) is 6.42 Å². The largest absolute Gasteiger partial charge is 0.504 e. The summed E-state index contributed by atoms with van der Waals surface area (Å²) in [7, 11) is 0. The Morgan fingerprint density at radius 1 is 1.00 bits per heavy atom. The summed E-state index contributed by atoms with van der Waals surface area (Å²) in [4.78, 5) is 0. The number of hydrogen-bond donors (Lipinski definition) is 4. The maximum absolute atomic E-state index is 9.49. The van der Waals surface area contributed by atoms with Crippen molar-refractivity contribution in [2.45, 2.75) is 12.2 Å². The maximum Gasteiger partial charge on any atom is 0.230 e. The van der Waals surface area contributed by atoms with E-state index >= 15 is 0 Å². The van der Waals surface area contributed by atoms with Gasteiger partial charge in [0.05, 0.1) is 0 Å². The van der Waals surface area contributed by atoms with Crippen molar-refractivity contribution in [2.24, 2.45) is 0 Å². The van der Waals surface area contributed by atoms with Gasteiger partial charge in [-0.25, -0.2) is 0 Å². The summed E-state index contributed by atoms with van der Waals surface area (Å²) in [5.41, 5.74) is 1.47. The fraction of sp³-hybridized carbons (Fsp3) is 0.143. The Labute approximate surface area is 104 Å². The SMILES string of the molecule is OC1=C(O)C(O)(O)CC(/C=C/c2ccccc2)=C1. The Morgan fingerprint density at radius 3 is 2.28 bits per heavy atom. The van der Waals surface area contributed by atoms with Crippen LogP contribution in [-0.4, -0.2) is 26.2 Å². The van der Waals surface area contributed by atoms with Crippen LogP contribution in [0.4, 0.5) is 0 Å². The van der Waals surface area contributed by atoms with Crippen LogP contribution in [0.25, 0.3) is 6.08 Å². The highest BCUT2D eigenvalue weighted by molar-refractivity contribution is 5.54.